The van der Waals surface area contributed by atoms with Gasteiger partial charge >= 0.3 is 11.9 Å². The molecule has 2 bridgehead atoms. The minimum absolute atomic E-state index is 0.0510. The molecule has 0 unspecified atom stereocenters. The highest BCUT2D eigenvalue weighted by Crippen LogP contribution is 2.73. The monoisotopic (exact) mass is 494 g/mol. The lowest BCUT2D eigenvalue weighted by Gasteiger charge is -2.68. The van der Waals surface area contributed by atoms with Crippen LogP contribution < -0.4 is 0 Å². The first-order chi connectivity index (χ1) is 16.2. The molecule has 0 amide bonds. The molecule has 4 fully saturated rings. The third-order valence-electron chi connectivity index (χ3n) is 9.99. The molecule has 0 aromatic heterocycles. The number of hydrogen-bond acceptors (Lipinski definition) is 10. The number of fused-ring (bicyclic) bond motifs is 1. The average Bonchev–Trinajstić information content (AvgIpc) is 3.08. The van der Waals surface area contributed by atoms with Crippen molar-refractivity contribution >= 4 is 17.7 Å². The Morgan fingerprint density at radius 3 is 2.60 bits per heavy atom. The molecule has 2 aliphatic heterocycles. The van der Waals surface area contributed by atoms with Crippen LogP contribution in [0.2, 0.25) is 0 Å². The standard InChI is InChI=1S/C25H34O10/c1-6-22(4,31)21(30)35-16-15-11(3)17(27)25(32)20-23(5)12(10(2)7-13(26)18(23)28)8-14(34-19(16)29)24(15,20)9-33-25/h7,11-12,14-18,20,27-28,31-32H,6,8-9H2,1-5H3/t11-,12+,14-,15-,16-,17-,18-,20-,22-,23-,24+,25+/m1/s1. The largest absolute Gasteiger partial charge is 0.459 e. The van der Waals surface area contributed by atoms with Crippen molar-refractivity contribution in [3.05, 3.63) is 11.6 Å². The zero-order valence-electron chi connectivity index (χ0n) is 20.6. The predicted octanol–water partition coefficient (Wildman–Crippen LogP) is -0.151. The molecule has 0 radical (unpaired) electrons. The molecule has 12 atom stereocenters. The van der Waals surface area contributed by atoms with Crippen molar-refractivity contribution in [2.45, 2.75) is 83.3 Å². The van der Waals surface area contributed by atoms with Crippen LogP contribution in [-0.2, 0) is 28.6 Å². The topological polar surface area (TPSA) is 160 Å². The second-order valence-corrected chi connectivity index (χ2v) is 11.6. The molecule has 10 heteroatoms. The Morgan fingerprint density at radius 1 is 1.31 bits per heavy atom. The average molecular weight is 495 g/mol. The van der Waals surface area contributed by atoms with Crippen LogP contribution in [-0.4, -0.2) is 80.6 Å². The molecule has 2 saturated heterocycles. The van der Waals surface area contributed by atoms with E-state index in [0.717, 1.165) is 0 Å². The Bertz CT molecular complexity index is 1020. The minimum Gasteiger partial charge on any atom is -0.459 e. The third kappa shape index (κ3) is 2.80. The highest BCUT2D eigenvalue weighted by molar-refractivity contribution is 5.96. The van der Waals surface area contributed by atoms with Gasteiger partial charge in [0.05, 0.1) is 6.61 Å². The van der Waals surface area contributed by atoms with Gasteiger partial charge in [-0.15, -0.1) is 0 Å². The van der Waals surface area contributed by atoms with Gasteiger partial charge in [-0.25, -0.2) is 9.59 Å². The van der Waals surface area contributed by atoms with Gasteiger partial charge in [0.15, 0.2) is 17.2 Å². The second-order valence-electron chi connectivity index (χ2n) is 11.6. The van der Waals surface area contributed by atoms with Gasteiger partial charge < -0.3 is 34.6 Å². The normalized spacial score (nSPS) is 52.0. The molecule has 5 aliphatic rings. The highest BCUT2D eigenvalue weighted by Gasteiger charge is 2.83. The van der Waals surface area contributed by atoms with E-state index in [9.17, 15) is 34.8 Å². The molecule has 4 N–H and O–H groups in total. The van der Waals surface area contributed by atoms with E-state index in [1.807, 2.05) is 0 Å². The Morgan fingerprint density at radius 2 is 1.97 bits per heavy atom. The fraction of sp³-hybridized carbons (Fsp3) is 0.800. The Balaban J connectivity index is 1.69. The number of hydrogen-bond donors (Lipinski definition) is 4. The molecule has 2 saturated carbocycles. The smallest absolute Gasteiger partial charge is 0.348 e. The summed E-state index contributed by atoms with van der Waals surface area (Å²) in [6.45, 7) is 7.88. The zero-order chi connectivity index (χ0) is 25.9. The first-order valence-electron chi connectivity index (χ1n) is 12.3. The Labute approximate surface area is 203 Å². The highest BCUT2D eigenvalue weighted by atomic mass is 16.7. The minimum atomic E-state index is -2.12. The van der Waals surface area contributed by atoms with Crippen molar-refractivity contribution in [3.8, 4) is 0 Å². The number of ketones is 1. The maximum atomic E-state index is 13.3. The molecular formula is C25H34O10. The van der Waals surface area contributed by atoms with Crippen LogP contribution in [0.25, 0.3) is 0 Å². The van der Waals surface area contributed by atoms with Gasteiger partial charge in [0.2, 0.25) is 6.10 Å². The van der Waals surface area contributed by atoms with Crippen molar-refractivity contribution < 1.29 is 49.0 Å². The summed E-state index contributed by atoms with van der Waals surface area (Å²) in [5, 5.41) is 44.8. The summed E-state index contributed by atoms with van der Waals surface area (Å²) in [6, 6.07) is 0. The van der Waals surface area contributed by atoms with E-state index in [1.54, 1.807) is 27.7 Å². The van der Waals surface area contributed by atoms with Crippen LogP contribution in [0.4, 0.5) is 0 Å². The molecule has 3 aliphatic carbocycles. The van der Waals surface area contributed by atoms with Gasteiger partial charge in [-0.05, 0) is 44.6 Å². The van der Waals surface area contributed by atoms with Crippen LogP contribution >= 0.6 is 0 Å². The number of carbonyl (C=O) groups is 3. The van der Waals surface area contributed by atoms with Crippen molar-refractivity contribution in [2.75, 3.05) is 6.61 Å². The Hall–Kier alpha value is -1.85. The number of esters is 2. The van der Waals surface area contributed by atoms with E-state index in [2.05, 4.69) is 0 Å². The summed E-state index contributed by atoms with van der Waals surface area (Å²) in [6.07, 6.45) is -3.51. The summed E-state index contributed by atoms with van der Waals surface area (Å²) in [4.78, 5) is 38.8. The van der Waals surface area contributed by atoms with Crippen molar-refractivity contribution in [2.24, 2.45) is 34.5 Å². The molecule has 1 spiro atoms. The van der Waals surface area contributed by atoms with E-state index in [4.69, 9.17) is 14.2 Å². The van der Waals surface area contributed by atoms with Crippen molar-refractivity contribution in [3.63, 3.8) is 0 Å². The quantitative estimate of drug-likeness (QED) is 0.389. The zero-order valence-corrected chi connectivity index (χ0v) is 20.6. The van der Waals surface area contributed by atoms with E-state index in [1.165, 1.54) is 13.0 Å². The van der Waals surface area contributed by atoms with E-state index < -0.39 is 88.0 Å². The fourth-order valence-electron chi connectivity index (χ4n) is 8.12. The van der Waals surface area contributed by atoms with Crippen LogP contribution in [0.3, 0.4) is 0 Å². The summed E-state index contributed by atoms with van der Waals surface area (Å²) in [5.74, 6) is -7.47. The first kappa shape index (κ1) is 24.8. The lowest BCUT2D eigenvalue weighted by atomic mass is 9.38. The molecule has 35 heavy (non-hydrogen) atoms. The maximum absolute atomic E-state index is 13.3. The molecule has 10 nitrogen and oxygen atoms in total. The summed E-state index contributed by atoms with van der Waals surface area (Å²) in [7, 11) is 0. The first-order valence-corrected chi connectivity index (χ1v) is 12.3. The molecule has 0 aromatic rings. The Kier molecular flexibility index (Phi) is 5.21. The van der Waals surface area contributed by atoms with E-state index in [-0.39, 0.29) is 19.4 Å². The third-order valence-corrected chi connectivity index (χ3v) is 9.99. The number of aliphatic hydroxyl groups excluding tert-OH is 2. The van der Waals surface area contributed by atoms with Crippen LogP contribution in [0.5, 0.6) is 0 Å². The number of aliphatic hydroxyl groups is 4. The molecule has 5 rings (SSSR count). The van der Waals surface area contributed by atoms with Crippen molar-refractivity contribution in [1.29, 1.82) is 0 Å². The van der Waals surface area contributed by atoms with Crippen LogP contribution in [0.15, 0.2) is 11.6 Å². The molecule has 0 aromatic carbocycles. The number of carbonyl (C=O) groups excluding carboxylic acids is 3. The van der Waals surface area contributed by atoms with Gasteiger partial charge in [-0.3, -0.25) is 4.79 Å². The van der Waals surface area contributed by atoms with Crippen LogP contribution in [0.1, 0.15) is 47.5 Å². The van der Waals surface area contributed by atoms with E-state index >= 15 is 0 Å². The van der Waals surface area contributed by atoms with Gasteiger partial charge in [0, 0.05) is 22.7 Å². The summed E-state index contributed by atoms with van der Waals surface area (Å²) >= 11 is 0. The van der Waals surface area contributed by atoms with Crippen molar-refractivity contribution in [1.82, 2.24) is 0 Å². The van der Waals surface area contributed by atoms with Gasteiger partial charge in [0.1, 0.15) is 18.3 Å². The summed E-state index contributed by atoms with van der Waals surface area (Å²) in [5.41, 5.74) is -3.54. The molecular weight excluding hydrogens is 460 g/mol. The second kappa shape index (κ2) is 7.35. The van der Waals surface area contributed by atoms with Gasteiger partial charge in [0.25, 0.3) is 0 Å². The molecule has 2 heterocycles. The predicted molar refractivity (Wildman–Crippen MR) is 117 cm³/mol. The maximum Gasteiger partial charge on any atom is 0.348 e. The van der Waals surface area contributed by atoms with Gasteiger partial charge in [-0.2, -0.15) is 0 Å². The van der Waals surface area contributed by atoms with Crippen LogP contribution in [0, 0.1) is 34.5 Å². The summed E-state index contributed by atoms with van der Waals surface area (Å²) < 4.78 is 17.4. The lowest BCUT2D eigenvalue weighted by Crippen LogP contribution is -2.78. The number of allylic oxidation sites excluding steroid dienone is 1. The molecule has 194 valence electrons. The number of ether oxygens (including phenoxy) is 3. The lowest BCUT2D eigenvalue weighted by molar-refractivity contribution is -0.340. The SMILES string of the molecule is CC[C@@](C)(O)C(=O)O[C@H]1C(=O)O[C@@H]2C[C@H]3C(C)=CC(=O)[C@@H](O)[C@]3(C)[C@H]3[C@@]4(O)OC[C@]32[C@@H]1[C@@H](C)[C@H]4O. The van der Waals surface area contributed by atoms with Gasteiger partial charge in [-0.1, -0.05) is 26.3 Å². The fourth-order valence-corrected chi connectivity index (χ4v) is 8.12. The number of rotatable bonds is 3. The van der Waals surface area contributed by atoms with E-state index in [0.29, 0.717) is 5.57 Å².